The standard InChI is InChI=1S/C26H25NO4S/c1-31-24-9-8-20(25-3-2-14-32-25)16-23(24)21(17-28)15-18-4-6-19(7-5-18)26(30)27-12-10-22(29)11-13-27/h2-9,14-17,22,29H,10-13H2,1H3/b21-15+. The van der Waals surface area contributed by atoms with Crippen molar-refractivity contribution < 1.29 is 19.4 Å². The summed E-state index contributed by atoms with van der Waals surface area (Å²) < 4.78 is 5.50. The number of ether oxygens (including phenoxy) is 1. The highest BCUT2D eigenvalue weighted by molar-refractivity contribution is 7.13. The molecular weight excluding hydrogens is 422 g/mol. The molecule has 2 aromatic carbocycles. The predicted octanol–water partition coefficient (Wildman–Crippen LogP) is 4.76. The summed E-state index contributed by atoms with van der Waals surface area (Å²) in [4.78, 5) is 27.6. The lowest BCUT2D eigenvalue weighted by molar-refractivity contribution is -0.103. The van der Waals surface area contributed by atoms with Crippen molar-refractivity contribution in [1.82, 2.24) is 4.90 Å². The molecule has 1 amide bonds. The summed E-state index contributed by atoms with van der Waals surface area (Å²) in [5.74, 6) is 0.594. The maximum atomic E-state index is 12.7. The largest absolute Gasteiger partial charge is 0.496 e. The van der Waals surface area contributed by atoms with Crippen molar-refractivity contribution in [3.8, 4) is 16.2 Å². The zero-order valence-corrected chi connectivity index (χ0v) is 18.7. The van der Waals surface area contributed by atoms with Crippen LogP contribution in [-0.2, 0) is 4.79 Å². The van der Waals surface area contributed by atoms with Crippen LogP contribution in [0.2, 0.25) is 0 Å². The number of nitrogens with zero attached hydrogens (tertiary/aromatic N) is 1. The number of aliphatic hydroxyl groups excluding tert-OH is 1. The zero-order chi connectivity index (χ0) is 22.5. The Bertz CT molecular complexity index is 1110. The number of carbonyl (C=O) groups excluding carboxylic acids is 2. The first-order valence-corrected chi connectivity index (χ1v) is 11.4. The minimum Gasteiger partial charge on any atom is -0.496 e. The van der Waals surface area contributed by atoms with E-state index >= 15 is 0 Å². The highest BCUT2D eigenvalue weighted by Gasteiger charge is 2.22. The second-order valence-electron chi connectivity index (χ2n) is 7.76. The first-order chi connectivity index (χ1) is 15.6. The minimum absolute atomic E-state index is 0.0339. The number of carbonyl (C=O) groups is 2. The van der Waals surface area contributed by atoms with Crippen LogP contribution in [-0.4, -0.2) is 48.5 Å². The number of likely N-dealkylation sites (tertiary alicyclic amines) is 1. The van der Waals surface area contributed by atoms with Crippen LogP contribution >= 0.6 is 11.3 Å². The van der Waals surface area contributed by atoms with Crippen LogP contribution in [0, 0.1) is 0 Å². The molecule has 0 saturated carbocycles. The molecule has 2 heterocycles. The minimum atomic E-state index is -0.316. The number of aliphatic hydroxyl groups is 1. The van der Waals surface area contributed by atoms with Gasteiger partial charge >= 0.3 is 0 Å². The molecule has 1 saturated heterocycles. The lowest BCUT2D eigenvalue weighted by Gasteiger charge is -2.29. The van der Waals surface area contributed by atoms with Gasteiger partial charge in [-0.3, -0.25) is 9.59 Å². The van der Waals surface area contributed by atoms with Crippen molar-refractivity contribution in [1.29, 1.82) is 0 Å². The summed E-state index contributed by atoms with van der Waals surface area (Å²) >= 11 is 1.64. The Labute approximate surface area is 191 Å². The van der Waals surface area contributed by atoms with Crippen molar-refractivity contribution >= 4 is 35.2 Å². The molecule has 0 radical (unpaired) electrons. The van der Waals surface area contributed by atoms with Crippen molar-refractivity contribution in [2.45, 2.75) is 18.9 Å². The quantitative estimate of drug-likeness (QED) is 0.336. The van der Waals surface area contributed by atoms with E-state index in [4.69, 9.17) is 4.74 Å². The monoisotopic (exact) mass is 447 g/mol. The molecule has 1 N–H and O–H groups in total. The van der Waals surface area contributed by atoms with E-state index in [0.717, 1.165) is 27.9 Å². The maximum Gasteiger partial charge on any atom is 0.253 e. The molecule has 0 atom stereocenters. The Morgan fingerprint density at radius 3 is 2.50 bits per heavy atom. The van der Waals surface area contributed by atoms with Crippen molar-refractivity contribution in [2.75, 3.05) is 20.2 Å². The number of rotatable bonds is 6. The number of amides is 1. The molecule has 0 aliphatic carbocycles. The Hall–Kier alpha value is -3.22. The lowest BCUT2D eigenvalue weighted by Crippen LogP contribution is -2.40. The fourth-order valence-corrected chi connectivity index (χ4v) is 4.58. The molecule has 0 unspecified atom stereocenters. The van der Waals surface area contributed by atoms with Gasteiger partial charge in [-0.05, 0) is 71.8 Å². The van der Waals surface area contributed by atoms with E-state index in [-0.39, 0.29) is 12.0 Å². The van der Waals surface area contributed by atoms with Crippen molar-refractivity contribution in [3.05, 3.63) is 76.7 Å². The average Bonchev–Trinajstić information content (AvgIpc) is 3.38. The molecule has 1 aromatic heterocycles. The van der Waals surface area contributed by atoms with E-state index in [0.29, 0.717) is 42.8 Å². The number of aldehydes is 1. The second kappa shape index (κ2) is 9.94. The maximum absolute atomic E-state index is 12.7. The third kappa shape index (κ3) is 4.82. The van der Waals surface area contributed by atoms with Crippen LogP contribution in [0.25, 0.3) is 22.1 Å². The number of methoxy groups -OCH3 is 1. The predicted molar refractivity (Wildman–Crippen MR) is 128 cm³/mol. The Balaban J connectivity index is 1.59. The van der Waals surface area contributed by atoms with Gasteiger partial charge in [0.05, 0.1) is 13.2 Å². The molecule has 0 bridgehead atoms. The van der Waals surface area contributed by atoms with Gasteiger partial charge in [-0.15, -0.1) is 11.3 Å². The smallest absolute Gasteiger partial charge is 0.253 e. The van der Waals surface area contributed by atoms with Crippen LogP contribution in [0.5, 0.6) is 5.75 Å². The van der Waals surface area contributed by atoms with Crippen LogP contribution in [0.15, 0.2) is 60.0 Å². The number of hydrogen-bond acceptors (Lipinski definition) is 5. The van der Waals surface area contributed by atoms with Gasteiger partial charge < -0.3 is 14.7 Å². The van der Waals surface area contributed by atoms with Gasteiger partial charge in [0.1, 0.15) is 5.75 Å². The zero-order valence-electron chi connectivity index (χ0n) is 17.9. The lowest BCUT2D eigenvalue weighted by atomic mass is 9.99. The van der Waals surface area contributed by atoms with Gasteiger partial charge in [-0.2, -0.15) is 0 Å². The topological polar surface area (TPSA) is 66.8 Å². The summed E-state index contributed by atoms with van der Waals surface area (Å²) in [5, 5.41) is 11.7. The summed E-state index contributed by atoms with van der Waals surface area (Å²) in [7, 11) is 1.59. The van der Waals surface area contributed by atoms with Gasteiger partial charge in [-0.1, -0.05) is 18.2 Å². The SMILES string of the molecule is COc1ccc(-c2cccs2)cc1/C(C=O)=C/c1ccc(C(=O)N2CCC(O)CC2)cc1. The summed E-state index contributed by atoms with van der Waals surface area (Å²) in [6.07, 6.45) is 3.54. The van der Waals surface area contributed by atoms with Gasteiger partial charge in [0.25, 0.3) is 5.91 Å². The molecule has 1 aliphatic heterocycles. The molecule has 1 aliphatic rings. The van der Waals surface area contributed by atoms with E-state index in [1.54, 1.807) is 41.6 Å². The Morgan fingerprint density at radius 2 is 1.88 bits per heavy atom. The summed E-state index contributed by atoms with van der Waals surface area (Å²) in [5.41, 5.74) is 3.67. The Kier molecular flexibility index (Phi) is 6.83. The number of piperidine rings is 1. The average molecular weight is 448 g/mol. The first kappa shape index (κ1) is 22.0. The fourth-order valence-electron chi connectivity index (χ4n) is 3.86. The highest BCUT2D eigenvalue weighted by atomic mass is 32.1. The van der Waals surface area contributed by atoms with E-state index in [9.17, 15) is 14.7 Å². The summed E-state index contributed by atoms with van der Waals surface area (Å²) in [6.45, 7) is 1.13. The van der Waals surface area contributed by atoms with Crippen molar-refractivity contribution in [3.63, 3.8) is 0 Å². The number of benzene rings is 2. The molecule has 164 valence electrons. The Morgan fingerprint density at radius 1 is 1.12 bits per heavy atom. The normalized spacial score (nSPS) is 14.9. The number of thiophene rings is 1. The van der Waals surface area contributed by atoms with Crippen molar-refractivity contribution in [2.24, 2.45) is 0 Å². The fraction of sp³-hybridized carbons (Fsp3) is 0.231. The van der Waals surface area contributed by atoms with Gasteiger partial charge in [-0.25, -0.2) is 0 Å². The molecular formula is C26H25NO4S. The van der Waals surface area contributed by atoms with Crippen LogP contribution in [0.1, 0.15) is 34.3 Å². The molecule has 3 aromatic rings. The molecule has 1 fully saturated rings. The first-order valence-electron chi connectivity index (χ1n) is 10.6. The molecule has 0 spiro atoms. The van der Waals surface area contributed by atoms with Gasteiger partial charge in [0.2, 0.25) is 0 Å². The van der Waals surface area contributed by atoms with E-state index in [1.807, 2.05) is 47.8 Å². The van der Waals surface area contributed by atoms with E-state index in [2.05, 4.69) is 0 Å². The molecule has 5 nitrogen and oxygen atoms in total. The second-order valence-corrected chi connectivity index (χ2v) is 8.70. The van der Waals surface area contributed by atoms with Crippen LogP contribution in [0.4, 0.5) is 0 Å². The van der Waals surface area contributed by atoms with Crippen LogP contribution < -0.4 is 4.74 Å². The third-order valence-electron chi connectivity index (χ3n) is 5.67. The number of allylic oxidation sites excluding steroid dienone is 1. The van der Waals surface area contributed by atoms with E-state index < -0.39 is 0 Å². The van der Waals surface area contributed by atoms with E-state index in [1.165, 1.54) is 0 Å². The van der Waals surface area contributed by atoms with Gasteiger partial charge in [0, 0.05) is 34.7 Å². The molecule has 32 heavy (non-hydrogen) atoms. The summed E-state index contributed by atoms with van der Waals surface area (Å²) in [6, 6.07) is 17.1. The number of hydrogen-bond donors (Lipinski definition) is 1. The molecule has 4 rings (SSSR count). The molecule has 6 heteroatoms. The van der Waals surface area contributed by atoms with Crippen LogP contribution in [0.3, 0.4) is 0 Å². The van der Waals surface area contributed by atoms with Gasteiger partial charge in [0.15, 0.2) is 6.29 Å². The highest BCUT2D eigenvalue weighted by Crippen LogP contribution is 2.33. The third-order valence-corrected chi connectivity index (χ3v) is 6.59.